The molecule has 2 unspecified atom stereocenters. The van der Waals surface area contributed by atoms with Gasteiger partial charge >= 0.3 is 12.1 Å². The molecule has 4 rings (SSSR count). The second kappa shape index (κ2) is 11.9. The molecule has 7 nitrogen and oxygen atoms in total. The zero-order chi connectivity index (χ0) is 29.2. The Morgan fingerprint density at radius 2 is 1.98 bits per heavy atom. The van der Waals surface area contributed by atoms with E-state index < -0.39 is 28.3 Å². The second-order valence-corrected chi connectivity index (χ2v) is 10.6. The summed E-state index contributed by atoms with van der Waals surface area (Å²) in [6, 6.07) is 9.95. The van der Waals surface area contributed by atoms with Crippen molar-refractivity contribution in [3.8, 4) is 11.5 Å². The molecule has 0 spiro atoms. The topological polar surface area (TPSA) is 85.0 Å². The van der Waals surface area contributed by atoms with E-state index in [0.717, 1.165) is 4.90 Å². The number of benzene rings is 2. The highest BCUT2D eigenvalue weighted by molar-refractivity contribution is 8.00. The van der Waals surface area contributed by atoms with Gasteiger partial charge in [0.05, 0.1) is 43.0 Å². The van der Waals surface area contributed by atoms with Crippen LogP contribution in [0, 0.1) is 0 Å². The summed E-state index contributed by atoms with van der Waals surface area (Å²) in [5, 5.41) is 8.04. The van der Waals surface area contributed by atoms with Crippen LogP contribution < -0.4 is 14.4 Å². The van der Waals surface area contributed by atoms with E-state index in [0.29, 0.717) is 33.4 Å². The number of aliphatic carboxylic acids is 1. The summed E-state index contributed by atoms with van der Waals surface area (Å²) in [5.74, 6) is 0.485. The minimum atomic E-state index is -4.75. The number of hydrogen-bond donors (Lipinski definition) is 1. The molecule has 0 bridgehead atoms. The summed E-state index contributed by atoms with van der Waals surface area (Å²) in [4.78, 5) is 16.2. The van der Waals surface area contributed by atoms with Gasteiger partial charge in [-0.25, -0.2) is 4.98 Å². The fourth-order valence-corrected chi connectivity index (χ4v) is 6.15. The largest absolute Gasteiger partial charge is 0.493 e. The molecule has 1 N–H and O–H groups in total. The predicted octanol–water partition coefficient (Wildman–Crippen LogP) is 7.21. The molecule has 2 atom stereocenters. The molecule has 0 saturated heterocycles. The van der Waals surface area contributed by atoms with Crippen molar-refractivity contribution in [2.45, 2.75) is 35.9 Å². The predicted molar refractivity (Wildman–Crippen MR) is 147 cm³/mol. The van der Waals surface area contributed by atoms with E-state index in [1.165, 1.54) is 44.3 Å². The Bertz CT molecular complexity index is 1440. The summed E-state index contributed by atoms with van der Waals surface area (Å²) < 4.78 is 59.3. The second-order valence-electron chi connectivity index (χ2n) is 8.88. The molecular weight excluding hydrogens is 569 g/mol. The number of para-hydroxylation sites is 1. The Hall–Kier alpha value is -3.57. The van der Waals surface area contributed by atoms with Crippen LogP contribution in [0.2, 0.25) is 5.02 Å². The number of aryl methyl sites for hydroxylation is 1. The highest BCUT2D eigenvalue weighted by Gasteiger charge is 2.43. The van der Waals surface area contributed by atoms with E-state index in [9.17, 15) is 18.0 Å². The zero-order valence-corrected chi connectivity index (χ0v) is 23.2. The van der Waals surface area contributed by atoms with Gasteiger partial charge in [-0.1, -0.05) is 36.9 Å². The highest BCUT2D eigenvalue weighted by atomic mass is 35.5. The fourth-order valence-electron chi connectivity index (χ4n) is 4.47. The van der Waals surface area contributed by atoms with Crippen LogP contribution in [0.15, 0.2) is 71.6 Å². The van der Waals surface area contributed by atoms with Gasteiger partial charge in [-0.2, -0.15) is 13.2 Å². The van der Waals surface area contributed by atoms with Crippen LogP contribution in [0.25, 0.3) is 0 Å². The molecule has 2 aromatic carbocycles. The number of allylic oxidation sites excluding steroid dienone is 1. The number of carboxylic acids is 1. The molecular formula is C28H26ClF3N2O5S. The number of halogens is 4. The molecule has 12 heteroatoms. The molecule has 1 aliphatic rings. The van der Waals surface area contributed by atoms with Crippen molar-refractivity contribution >= 4 is 35.0 Å². The molecule has 1 aromatic heterocycles. The van der Waals surface area contributed by atoms with Crippen LogP contribution in [0.1, 0.15) is 34.4 Å². The molecule has 0 radical (unpaired) electrons. The number of rotatable bonds is 9. The summed E-state index contributed by atoms with van der Waals surface area (Å²) in [7, 11) is 2.98. The molecule has 0 fully saturated rings. The Balaban J connectivity index is 1.87. The summed E-state index contributed by atoms with van der Waals surface area (Å²) in [6.45, 7) is 7.43. The highest BCUT2D eigenvalue weighted by Crippen LogP contribution is 2.54. The van der Waals surface area contributed by atoms with Gasteiger partial charge in [0.15, 0.2) is 17.4 Å². The van der Waals surface area contributed by atoms with Crippen LogP contribution in [0.5, 0.6) is 11.5 Å². The fraction of sp³-hybridized carbons (Fsp3) is 0.286. The lowest BCUT2D eigenvalue weighted by Gasteiger charge is -2.31. The number of anilines is 1. The van der Waals surface area contributed by atoms with E-state index in [1.807, 2.05) is 6.07 Å². The number of fused-ring (bicyclic) bond motifs is 1. The Morgan fingerprint density at radius 1 is 1.23 bits per heavy atom. The molecule has 1 aliphatic heterocycles. The Labute approximate surface area is 238 Å². The lowest BCUT2D eigenvalue weighted by molar-refractivity contribution is -0.137. The Kier molecular flexibility index (Phi) is 8.74. The maximum atomic E-state index is 14.1. The quantitative estimate of drug-likeness (QED) is 0.278. The first kappa shape index (κ1) is 29.4. The molecule has 0 saturated carbocycles. The van der Waals surface area contributed by atoms with Crippen molar-refractivity contribution in [1.29, 1.82) is 0 Å². The van der Waals surface area contributed by atoms with Gasteiger partial charge in [-0.05, 0) is 29.8 Å². The van der Waals surface area contributed by atoms with Gasteiger partial charge in [0.1, 0.15) is 11.5 Å². The van der Waals surface area contributed by atoms with Crippen molar-refractivity contribution in [1.82, 2.24) is 4.98 Å². The van der Waals surface area contributed by atoms with Crippen molar-refractivity contribution < 1.29 is 37.0 Å². The molecule has 2 heterocycles. The van der Waals surface area contributed by atoms with Crippen LogP contribution in [-0.2, 0) is 17.6 Å². The van der Waals surface area contributed by atoms with Gasteiger partial charge in [-0.15, -0.1) is 11.8 Å². The number of aromatic nitrogens is 1. The third kappa shape index (κ3) is 6.10. The average molecular weight is 595 g/mol. The first-order valence-electron chi connectivity index (χ1n) is 12.0. The van der Waals surface area contributed by atoms with Crippen LogP contribution in [0.3, 0.4) is 0 Å². The van der Waals surface area contributed by atoms with Crippen molar-refractivity contribution in [2.75, 3.05) is 19.1 Å². The van der Waals surface area contributed by atoms with Gasteiger partial charge in [0, 0.05) is 29.1 Å². The maximum Gasteiger partial charge on any atom is 0.431 e. The van der Waals surface area contributed by atoms with Crippen LogP contribution >= 0.6 is 23.4 Å². The Morgan fingerprint density at radius 3 is 2.62 bits per heavy atom. The van der Waals surface area contributed by atoms with Crippen LogP contribution in [0.4, 0.5) is 18.9 Å². The van der Waals surface area contributed by atoms with Gasteiger partial charge in [0.2, 0.25) is 0 Å². The van der Waals surface area contributed by atoms with E-state index in [-0.39, 0.29) is 36.5 Å². The first-order valence-corrected chi connectivity index (χ1v) is 13.3. The lowest BCUT2D eigenvalue weighted by atomic mass is 9.99. The molecule has 3 aromatic rings. The van der Waals surface area contributed by atoms with Crippen molar-refractivity contribution in [3.05, 3.63) is 94.9 Å². The first-order chi connectivity index (χ1) is 18.9. The standard InChI is InChI=1S/C28H26ClF3N2O5S/c1-15-23(13-24-33-14-18(39-24)9-11-25(35)36)40-27(19-6-5-7-22(37-3)26(19)38-4)20-12-17(29)8-10-21(20)34(15)16(2)28(30,31)32/h5-8,10,12,14,23,27H,1-2,9,11,13H2,3-4H3,(H,35,36). The van der Waals surface area contributed by atoms with Crippen molar-refractivity contribution in [2.24, 2.45) is 0 Å². The SMILES string of the molecule is C=C1C(Cc2ncc(CCC(=O)O)o2)SC(c2cccc(OC)c2OC)c2cc(Cl)ccc2N1C(=C)C(F)(F)F. The van der Waals surface area contributed by atoms with E-state index in [4.69, 9.17) is 30.6 Å². The number of hydrogen-bond acceptors (Lipinski definition) is 7. The van der Waals surface area contributed by atoms with Gasteiger partial charge in [0.25, 0.3) is 0 Å². The third-order valence-corrected chi connectivity index (χ3v) is 8.11. The normalized spacial score (nSPS) is 17.2. The zero-order valence-electron chi connectivity index (χ0n) is 21.6. The lowest BCUT2D eigenvalue weighted by Crippen LogP contribution is -2.34. The van der Waals surface area contributed by atoms with E-state index in [2.05, 4.69) is 18.1 Å². The van der Waals surface area contributed by atoms with Crippen molar-refractivity contribution in [3.63, 3.8) is 0 Å². The molecule has 40 heavy (non-hydrogen) atoms. The number of ether oxygens (including phenoxy) is 2. The minimum Gasteiger partial charge on any atom is -0.493 e. The average Bonchev–Trinajstić information content (AvgIpc) is 3.32. The van der Waals surface area contributed by atoms with Gasteiger partial charge < -0.3 is 23.9 Å². The number of carboxylic acid groups (broad SMARTS) is 1. The van der Waals surface area contributed by atoms with Gasteiger partial charge in [-0.3, -0.25) is 4.79 Å². The number of carbonyl (C=O) groups is 1. The monoisotopic (exact) mass is 594 g/mol. The number of alkyl halides is 3. The van der Waals surface area contributed by atoms with E-state index in [1.54, 1.807) is 18.2 Å². The van der Waals surface area contributed by atoms with E-state index >= 15 is 0 Å². The number of thioether (sulfide) groups is 1. The summed E-state index contributed by atoms with van der Waals surface area (Å²) in [6.07, 6.45) is -3.28. The number of methoxy groups -OCH3 is 2. The number of oxazole rings is 1. The summed E-state index contributed by atoms with van der Waals surface area (Å²) >= 11 is 7.70. The molecule has 0 amide bonds. The maximum absolute atomic E-state index is 14.1. The third-order valence-electron chi connectivity index (χ3n) is 6.33. The number of nitrogens with zero attached hydrogens (tertiary/aromatic N) is 2. The van der Waals surface area contributed by atoms with Crippen LogP contribution in [-0.4, -0.2) is 41.7 Å². The molecule has 212 valence electrons. The molecule has 0 aliphatic carbocycles. The summed E-state index contributed by atoms with van der Waals surface area (Å²) in [5.41, 5.74) is 0.371. The minimum absolute atomic E-state index is 0.0721. The smallest absolute Gasteiger partial charge is 0.431 e.